The summed E-state index contributed by atoms with van der Waals surface area (Å²) < 4.78 is 9.85. The van der Waals surface area contributed by atoms with Crippen LogP contribution in [0.4, 0.5) is 0 Å². The SMILES string of the molecule is CCCCOC(=O)[C@@H]1C[NH+]1[C@@H](CC)C(=O)OC. The summed E-state index contributed by atoms with van der Waals surface area (Å²) in [6, 6.07) is -0.403. The van der Waals surface area contributed by atoms with Gasteiger partial charge in [0.2, 0.25) is 6.04 Å². The van der Waals surface area contributed by atoms with Crippen LogP contribution in [0.15, 0.2) is 0 Å². The van der Waals surface area contributed by atoms with Crippen LogP contribution in [0, 0.1) is 0 Å². The Bertz CT molecular complexity index is 280. The number of hydrogen-bond donors (Lipinski definition) is 1. The molecule has 1 N–H and O–H groups in total. The summed E-state index contributed by atoms with van der Waals surface area (Å²) in [5, 5.41) is 0. The van der Waals surface area contributed by atoms with Crippen molar-refractivity contribution in [1.82, 2.24) is 0 Å². The number of carbonyl (C=O) groups excluding carboxylic acids is 2. The van der Waals surface area contributed by atoms with Crippen molar-refractivity contribution in [2.45, 2.75) is 45.2 Å². The number of rotatable bonds is 7. The molecule has 0 amide bonds. The number of methoxy groups -OCH3 is 1. The first kappa shape index (κ1) is 14.0. The Balaban J connectivity index is 2.35. The smallest absolute Gasteiger partial charge is 0.371 e. The van der Waals surface area contributed by atoms with Crippen molar-refractivity contribution in [1.29, 1.82) is 0 Å². The van der Waals surface area contributed by atoms with Crippen LogP contribution in [0.3, 0.4) is 0 Å². The average molecular weight is 244 g/mol. The lowest BCUT2D eigenvalue weighted by Gasteiger charge is -2.10. The third-order valence-electron chi connectivity index (χ3n) is 3.10. The van der Waals surface area contributed by atoms with E-state index in [0.29, 0.717) is 19.6 Å². The van der Waals surface area contributed by atoms with Crippen LogP contribution >= 0.6 is 0 Å². The first-order chi connectivity index (χ1) is 8.15. The van der Waals surface area contributed by atoms with E-state index in [1.54, 1.807) is 0 Å². The van der Waals surface area contributed by atoms with Gasteiger partial charge in [0, 0.05) is 6.42 Å². The fourth-order valence-corrected chi connectivity index (χ4v) is 1.94. The molecule has 0 saturated carbocycles. The lowest BCUT2D eigenvalue weighted by molar-refractivity contribution is -0.790. The van der Waals surface area contributed by atoms with Crippen LogP contribution in [0.2, 0.25) is 0 Å². The second-order valence-corrected chi connectivity index (χ2v) is 4.34. The summed E-state index contributed by atoms with van der Waals surface area (Å²) in [6.07, 6.45) is 2.58. The van der Waals surface area contributed by atoms with E-state index < -0.39 is 0 Å². The van der Waals surface area contributed by atoms with Gasteiger partial charge in [0.15, 0.2) is 6.04 Å². The second-order valence-electron chi connectivity index (χ2n) is 4.34. The van der Waals surface area contributed by atoms with Crippen LogP contribution < -0.4 is 4.90 Å². The normalized spacial score (nSPS) is 23.9. The van der Waals surface area contributed by atoms with E-state index in [1.165, 1.54) is 7.11 Å². The van der Waals surface area contributed by atoms with E-state index in [-0.39, 0.29) is 24.0 Å². The topological polar surface area (TPSA) is 57.0 Å². The molecular formula is C12H22NO4+. The van der Waals surface area contributed by atoms with Gasteiger partial charge in [-0.25, -0.2) is 9.59 Å². The molecule has 5 heteroatoms. The summed E-state index contributed by atoms with van der Waals surface area (Å²) in [5.41, 5.74) is 0. The third-order valence-corrected chi connectivity index (χ3v) is 3.10. The van der Waals surface area contributed by atoms with Crippen molar-refractivity contribution in [2.24, 2.45) is 0 Å². The van der Waals surface area contributed by atoms with Gasteiger partial charge in [-0.3, -0.25) is 0 Å². The van der Waals surface area contributed by atoms with Gasteiger partial charge in [0.05, 0.1) is 13.7 Å². The predicted molar refractivity (Wildman–Crippen MR) is 61.6 cm³/mol. The molecule has 0 radical (unpaired) electrons. The molecule has 0 aliphatic carbocycles. The molecule has 0 aromatic carbocycles. The average Bonchev–Trinajstić information content (AvgIpc) is 3.10. The van der Waals surface area contributed by atoms with Crippen molar-refractivity contribution in [3.8, 4) is 0 Å². The maximum absolute atomic E-state index is 11.6. The molecule has 1 fully saturated rings. The minimum atomic E-state index is -0.244. The van der Waals surface area contributed by atoms with Crippen molar-refractivity contribution in [3.63, 3.8) is 0 Å². The number of quaternary nitrogens is 1. The van der Waals surface area contributed by atoms with E-state index in [4.69, 9.17) is 9.47 Å². The Morgan fingerprint density at radius 2 is 2.12 bits per heavy atom. The van der Waals surface area contributed by atoms with Gasteiger partial charge < -0.3 is 14.4 Å². The molecule has 1 rings (SSSR count). The maximum Gasteiger partial charge on any atom is 0.371 e. The van der Waals surface area contributed by atoms with Gasteiger partial charge in [-0.1, -0.05) is 20.3 Å². The molecule has 1 saturated heterocycles. The number of ether oxygens (including phenoxy) is 2. The minimum Gasteiger partial charge on any atom is -0.465 e. The van der Waals surface area contributed by atoms with Crippen molar-refractivity contribution >= 4 is 11.9 Å². The minimum absolute atomic E-state index is 0.170. The highest BCUT2D eigenvalue weighted by molar-refractivity contribution is 5.78. The van der Waals surface area contributed by atoms with E-state index in [9.17, 15) is 9.59 Å². The fourth-order valence-electron chi connectivity index (χ4n) is 1.94. The first-order valence-corrected chi connectivity index (χ1v) is 6.25. The van der Waals surface area contributed by atoms with E-state index in [2.05, 4.69) is 0 Å². The number of unbranched alkanes of at least 4 members (excludes halogenated alkanes) is 1. The Hall–Kier alpha value is -1.10. The maximum atomic E-state index is 11.6. The molecule has 98 valence electrons. The molecule has 1 unspecified atom stereocenters. The van der Waals surface area contributed by atoms with Crippen LogP contribution in [0.1, 0.15) is 33.1 Å². The van der Waals surface area contributed by atoms with Crippen LogP contribution in [0.5, 0.6) is 0 Å². The monoisotopic (exact) mass is 244 g/mol. The number of hydrogen-bond acceptors (Lipinski definition) is 4. The summed E-state index contributed by atoms with van der Waals surface area (Å²) >= 11 is 0. The number of carbonyl (C=O) groups is 2. The Morgan fingerprint density at radius 1 is 1.41 bits per heavy atom. The van der Waals surface area contributed by atoms with Gasteiger partial charge in [-0.15, -0.1) is 0 Å². The summed E-state index contributed by atoms with van der Waals surface area (Å²) in [6.45, 7) is 5.13. The molecule has 0 aromatic rings. The van der Waals surface area contributed by atoms with Crippen LogP contribution in [-0.4, -0.2) is 44.3 Å². The summed E-state index contributed by atoms with van der Waals surface area (Å²) in [7, 11) is 1.38. The zero-order chi connectivity index (χ0) is 12.8. The first-order valence-electron chi connectivity index (χ1n) is 6.25. The van der Waals surface area contributed by atoms with Gasteiger partial charge in [-0.05, 0) is 6.42 Å². The molecule has 5 nitrogen and oxygen atoms in total. The second kappa shape index (κ2) is 6.59. The number of esters is 2. The summed E-state index contributed by atoms with van der Waals surface area (Å²) in [4.78, 5) is 24.1. The molecule has 1 heterocycles. The molecule has 1 aliphatic heterocycles. The highest BCUT2D eigenvalue weighted by Crippen LogP contribution is 2.01. The van der Waals surface area contributed by atoms with Crippen molar-refractivity contribution in [3.05, 3.63) is 0 Å². The zero-order valence-corrected chi connectivity index (χ0v) is 10.8. The Morgan fingerprint density at radius 3 is 2.65 bits per heavy atom. The molecule has 0 spiro atoms. The predicted octanol–water partition coefficient (Wildman–Crippen LogP) is -0.452. The van der Waals surface area contributed by atoms with E-state index in [1.807, 2.05) is 13.8 Å². The van der Waals surface area contributed by atoms with Gasteiger partial charge in [0.25, 0.3) is 0 Å². The highest BCUT2D eigenvalue weighted by atomic mass is 16.5. The van der Waals surface area contributed by atoms with E-state index >= 15 is 0 Å². The third kappa shape index (κ3) is 3.70. The van der Waals surface area contributed by atoms with Crippen LogP contribution in [0.25, 0.3) is 0 Å². The number of nitrogens with one attached hydrogen (secondary N) is 1. The zero-order valence-electron chi connectivity index (χ0n) is 10.8. The fraction of sp³-hybridized carbons (Fsp3) is 0.833. The molecule has 17 heavy (non-hydrogen) atoms. The molecule has 1 aliphatic rings. The van der Waals surface area contributed by atoms with Gasteiger partial charge in [0.1, 0.15) is 6.54 Å². The lowest BCUT2D eigenvalue weighted by Crippen LogP contribution is -3.01. The van der Waals surface area contributed by atoms with Crippen molar-refractivity contribution < 1.29 is 24.0 Å². The Labute approximate surface area is 102 Å². The van der Waals surface area contributed by atoms with E-state index in [0.717, 1.165) is 17.7 Å². The molecule has 3 atom stereocenters. The molecule has 0 bridgehead atoms. The van der Waals surface area contributed by atoms with Gasteiger partial charge >= 0.3 is 11.9 Å². The van der Waals surface area contributed by atoms with Crippen molar-refractivity contribution in [2.75, 3.05) is 20.3 Å². The van der Waals surface area contributed by atoms with Gasteiger partial charge in [-0.2, -0.15) is 0 Å². The lowest BCUT2D eigenvalue weighted by atomic mass is 10.2. The largest absolute Gasteiger partial charge is 0.465 e. The molecule has 0 aromatic heterocycles. The van der Waals surface area contributed by atoms with Crippen LogP contribution in [-0.2, 0) is 19.1 Å². The Kier molecular flexibility index (Phi) is 5.41. The summed E-state index contributed by atoms with van der Waals surface area (Å²) in [5.74, 6) is -0.429. The standard InChI is InChI=1S/C12H21NO4/c1-4-6-7-17-12(15)10-8-13(10)9(5-2)11(14)16-3/h9-10H,4-8H2,1-3H3/p+1/t9-,10-,13?/m0/s1. The highest BCUT2D eigenvalue weighted by Gasteiger charge is 2.54. The molecular weight excluding hydrogens is 222 g/mol. The quantitative estimate of drug-likeness (QED) is 0.374.